The van der Waals surface area contributed by atoms with Crippen molar-refractivity contribution in [3.63, 3.8) is 0 Å². The lowest BCUT2D eigenvalue weighted by molar-refractivity contribution is 0.102. The molecule has 6 rings (SSSR count). The SMILES string of the molecule is COc1ccc(-c2nc(NC(=O)c3ccc(CN4CCN(C)CC4)cc3)cc3c2[nH]c2ccccc23)cc1. The number of aromatic amines is 1. The van der Waals surface area contributed by atoms with Crippen LogP contribution >= 0.6 is 0 Å². The highest BCUT2D eigenvalue weighted by Crippen LogP contribution is 2.34. The van der Waals surface area contributed by atoms with Crippen LogP contribution in [0.5, 0.6) is 5.75 Å². The molecule has 0 saturated carbocycles. The number of amides is 1. The molecule has 0 spiro atoms. The van der Waals surface area contributed by atoms with Crippen LogP contribution in [0.25, 0.3) is 33.1 Å². The molecule has 0 aliphatic carbocycles. The molecule has 38 heavy (non-hydrogen) atoms. The summed E-state index contributed by atoms with van der Waals surface area (Å²) in [4.78, 5) is 26.4. The zero-order chi connectivity index (χ0) is 26.1. The van der Waals surface area contributed by atoms with Gasteiger partial charge in [-0.05, 0) is 61.1 Å². The smallest absolute Gasteiger partial charge is 0.256 e. The van der Waals surface area contributed by atoms with Crippen molar-refractivity contribution in [3.05, 3.63) is 90.0 Å². The molecule has 5 aromatic rings. The van der Waals surface area contributed by atoms with Crippen molar-refractivity contribution < 1.29 is 9.53 Å². The van der Waals surface area contributed by atoms with E-state index in [-0.39, 0.29) is 5.91 Å². The Labute approximate surface area is 222 Å². The highest BCUT2D eigenvalue weighted by molar-refractivity contribution is 6.13. The number of para-hydroxylation sites is 1. The minimum atomic E-state index is -0.177. The predicted molar refractivity (Wildman–Crippen MR) is 153 cm³/mol. The summed E-state index contributed by atoms with van der Waals surface area (Å²) in [7, 11) is 3.81. The van der Waals surface area contributed by atoms with Gasteiger partial charge in [0.2, 0.25) is 0 Å². The van der Waals surface area contributed by atoms with Crippen molar-refractivity contribution in [2.24, 2.45) is 0 Å². The second-order valence-electron chi connectivity index (χ2n) is 9.91. The fraction of sp³-hybridized carbons (Fsp3) is 0.226. The van der Waals surface area contributed by atoms with Crippen LogP contribution < -0.4 is 10.1 Å². The number of carbonyl (C=O) groups is 1. The van der Waals surface area contributed by atoms with Crippen LogP contribution in [0, 0.1) is 0 Å². The Morgan fingerprint density at radius 3 is 2.42 bits per heavy atom. The van der Waals surface area contributed by atoms with E-state index in [0.29, 0.717) is 11.4 Å². The molecule has 0 atom stereocenters. The van der Waals surface area contributed by atoms with Gasteiger partial charge in [0.05, 0.1) is 18.3 Å². The Kier molecular flexibility index (Phi) is 6.54. The summed E-state index contributed by atoms with van der Waals surface area (Å²) in [5.74, 6) is 1.12. The number of rotatable bonds is 6. The number of anilines is 1. The van der Waals surface area contributed by atoms with Gasteiger partial charge in [-0.2, -0.15) is 0 Å². The fourth-order valence-corrected chi connectivity index (χ4v) is 5.08. The molecule has 2 N–H and O–H groups in total. The number of hydrogen-bond donors (Lipinski definition) is 2. The van der Waals surface area contributed by atoms with E-state index in [1.54, 1.807) is 7.11 Å². The van der Waals surface area contributed by atoms with E-state index in [4.69, 9.17) is 9.72 Å². The molecule has 0 bridgehead atoms. The molecular formula is C31H31N5O2. The molecule has 1 fully saturated rings. The Hall–Kier alpha value is -4.20. The lowest BCUT2D eigenvalue weighted by atomic mass is 10.1. The van der Waals surface area contributed by atoms with Gasteiger partial charge >= 0.3 is 0 Å². The molecule has 3 aromatic carbocycles. The monoisotopic (exact) mass is 505 g/mol. The number of piperazine rings is 1. The van der Waals surface area contributed by atoms with Gasteiger partial charge in [-0.15, -0.1) is 0 Å². The number of aromatic nitrogens is 2. The third-order valence-electron chi connectivity index (χ3n) is 7.32. The molecule has 0 unspecified atom stereocenters. The van der Waals surface area contributed by atoms with Crippen molar-refractivity contribution in [1.29, 1.82) is 0 Å². The second kappa shape index (κ2) is 10.3. The molecule has 2 aromatic heterocycles. The Morgan fingerprint density at radius 1 is 0.947 bits per heavy atom. The third-order valence-corrected chi connectivity index (χ3v) is 7.32. The largest absolute Gasteiger partial charge is 0.497 e. The number of methoxy groups -OCH3 is 1. The summed E-state index contributed by atoms with van der Waals surface area (Å²) in [6, 6.07) is 25.8. The van der Waals surface area contributed by atoms with Gasteiger partial charge in [-0.25, -0.2) is 4.98 Å². The first-order valence-corrected chi connectivity index (χ1v) is 12.9. The Bertz CT molecular complexity index is 1580. The summed E-state index contributed by atoms with van der Waals surface area (Å²) in [6.45, 7) is 5.22. The lowest BCUT2D eigenvalue weighted by Crippen LogP contribution is -2.43. The number of nitrogens with one attached hydrogen (secondary N) is 2. The van der Waals surface area contributed by atoms with Gasteiger partial charge < -0.3 is 19.9 Å². The van der Waals surface area contributed by atoms with Crippen molar-refractivity contribution in [2.45, 2.75) is 6.54 Å². The number of carbonyl (C=O) groups excluding carboxylic acids is 1. The molecule has 7 heteroatoms. The highest BCUT2D eigenvalue weighted by Gasteiger charge is 2.17. The maximum Gasteiger partial charge on any atom is 0.256 e. The number of nitrogens with zero attached hydrogens (tertiary/aromatic N) is 3. The van der Waals surface area contributed by atoms with Gasteiger partial charge in [-0.1, -0.05) is 30.3 Å². The molecule has 192 valence electrons. The highest BCUT2D eigenvalue weighted by atomic mass is 16.5. The number of H-pyrrole nitrogens is 1. The van der Waals surface area contributed by atoms with E-state index in [1.165, 1.54) is 5.56 Å². The fourth-order valence-electron chi connectivity index (χ4n) is 5.08. The van der Waals surface area contributed by atoms with Crippen LogP contribution in [-0.4, -0.2) is 66.0 Å². The second-order valence-corrected chi connectivity index (χ2v) is 9.91. The van der Waals surface area contributed by atoms with E-state index in [1.807, 2.05) is 66.7 Å². The van der Waals surface area contributed by atoms with E-state index >= 15 is 0 Å². The minimum absolute atomic E-state index is 0.177. The summed E-state index contributed by atoms with van der Waals surface area (Å²) in [6.07, 6.45) is 0. The third kappa shape index (κ3) is 4.86. The first-order chi connectivity index (χ1) is 18.6. The van der Waals surface area contributed by atoms with Crippen LogP contribution in [0.4, 0.5) is 5.82 Å². The van der Waals surface area contributed by atoms with Gasteiger partial charge in [0.25, 0.3) is 5.91 Å². The van der Waals surface area contributed by atoms with Crippen molar-refractivity contribution in [3.8, 4) is 17.0 Å². The molecule has 1 aliphatic rings. The van der Waals surface area contributed by atoms with Crippen LogP contribution in [0.2, 0.25) is 0 Å². The van der Waals surface area contributed by atoms with Crippen LogP contribution in [-0.2, 0) is 6.54 Å². The predicted octanol–water partition coefficient (Wildman–Crippen LogP) is 5.39. The first-order valence-electron chi connectivity index (χ1n) is 12.9. The summed E-state index contributed by atoms with van der Waals surface area (Å²) in [5.41, 5.74) is 5.50. The quantitative estimate of drug-likeness (QED) is 0.324. The first kappa shape index (κ1) is 24.2. The van der Waals surface area contributed by atoms with Crippen LogP contribution in [0.3, 0.4) is 0 Å². The number of fused-ring (bicyclic) bond motifs is 3. The molecule has 1 amide bonds. The van der Waals surface area contributed by atoms with Gasteiger partial charge in [0.1, 0.15) is 11.6 Å². The van der Waals surface area contributed by atoms with Crippen molar-refractivity contribution in [2.75, 3.05) is 45.7 Å². The standard InChI is InChI=1S/C31H31N5O2/c1-35-15-17-36(18-16-35)20-21-7-9-23(10-8-21)31(37)34-28-19-26-25-5-3-4-6-27(25)32-30(26)29(33-28)22-11-13-24(38-2)14-12-22/h3-14,19,32H,15-18,20H2,1-2H3,(H,33,34,37). The zero-order valence-corrected chi connectivity index (χ0v) is 21.7. The number of pyridine rings is 1. The summed E-state index contributed by atoms with van der Waals surface area (Å²) in [5, 5.41) is 5.14. The Morgan fingerprint density at radius 2 is 1.68 bits per heavy atom. The van der Waals surface area contributed by atoms with E-state index < -0.39 is 0 Å². The molecule has 1 saturated heterocycles. The number of benzene rings is 3. The topological polar surface area (TPSA) is 73.5 Å². The van der Waals surface area contributed by atoms with E-state index in [9.17, 15) is 4.79 Å². The maximum absolute atomic E-state index is 13.2. The van der Waals surface area contributed by atoms with E-state index in [2.05, 4.69) is 39.3 Å². The normalized spacial score (nSPS) is 14.7. The molecule has 3 heterocycles. The summed E-state index contributed by atoms with van der Waals surface area (Å²) >= 11 is 0. The van der Waals surface area contributed by atoms with E-state index in [0.717, 1.165) is 71.5 Å². The van der Waals surface area contributed by atoms with Crippen molar-refractivity contribution >= 4 is 33.5 Å². The summed E-state index contributed by atoms with van der Waals surface area (Å²) < 4.78 is 5.33. The molecule has 7 nitrogen and oxygen atoms in total. The average molecular weight is 506 g/mol. The maximum atomic E-state index is 13.2. The Balaban J connectivity index is 1.28. The zero-order valence-electron chi connectivity index (χ0n) is 21.7. The lowest BCUT2D eigenvalue weighted by Gasteiger charge is -2.32. The number of likely N-dealkylation sites (N-methyl/N-ethyl adjacent to an activating group) is 1. The number of hydrogen-bond acceptors (Lipinski definition) is 5. The van der Waals surface area contributed by atoms with Gasteiger partial charge in [0.15, 0.2) is 0 Å². The molecule has 1 aliphatic heterocycles. The van der Waals surface area contributed by atoms with Crippen molar-refractivity contribution in [1.82, 2.24) is 19.8 Å². The van der Waals surface area contributed by atoms with Crippen LogP contribution in [0.15, 0.2) is 78.9 Å². The van der Waals surface area contributed by atoms with Gasteiger partial charge in [-0.3, -0.25) is 9.69 Å². The van der Waals surface area contributed by atoms with Gasteiger partial charge in [0, 0.05) is 60.1 Å². The molecule has 0 radical (unpaired) electrons. The van der Waals surface area contributed by atoms with Crippen LogP contribution in [0.1, 0.15) is 15.9 Å². The average Bonchev–Trinajstić information content (AvgIpc) is 3.33. The number of ether oxygens (including phenoxy) is 1. The minimum Gasteiger partial charge on any atom is -0.497 e. The molecular weight excluding hydrogens is 474 g/mol.